The molecule has 1 fully saturated rings. The van der Waals surface area contributed by atoms with Gasteiger partial charge in [-0.15, -0.1) is 0 Å². The van der Waals surface area contributed by atoms with Crippen LogP contribution < -0.4 is 4.74 Å². The van der Waals surface area contributed by atoms with Crippen LogP contribution in [0.15, 0.2) is 24.3 Å². The molecule has 0 saturated carbocycles. The van der Waals surface area contributed by atoms with Crippen LogP contribution in [0.2, 0.25) is 0 Å². The zero-order valence-corrected chi connectivity index (χ0v) is 16.2. The van der Waals surface area contributed by atoms with Gasteiger partial charge in [-0.25, -0.2) is 0 Å². The van der Waals surface area contributed by atoms with Gasteiger partial charge in [-0.05, 0) is 38.0 Å². The number of hydrogen-bond donors (Lipinski definition) is 1. The molecule has 1 aliphatic heterocycles. The summed E-state index contributed by atoms with van der Waals surface area (Å²) < 4.78 is 22.4. The lowest BCUT2D eigenvalue weighted by Crippen LogP contribution is -2.34. The third-order valence-corrected chi connectivity index (χ3v) is 4.16. The number of ether oxygens (including phenoxy) is 4. The van der Waals surface area contributed by atoms with Crippen molar-refractivity contribution >= 4 is 0 Å². The number of methoxy groups -OCH3 is 1. The third kappa shape index (κ3) is 6.30. The summed E-state index contributed by atoms with van der Waals surface area (Å²) in [6.07, 6.45) is 0.999. The molecule has 0 amide bonds. The quantitative estimate of drug-likeness (QED) is 0.568. The standard InChI is InChI=1S/C21H30O5/c1-5-8-19-20(26-21(2,3)25-19)18(22)9-6-7-14-24-15-16-10-12-17(23-4)13-11-16/h10-13,18-20,22H,5,7-8,14-15H2,1-4H3/t18?,19-,20+/m0/s1. The molecule has 1 aliphatic rings. The van der Waals surface area contributed by atoms with Gasteiger partial charge >= 0.3 is 0 Å². The van der Waals surface area contributed by atoms with Crippen molar-refractivity contribution < 1.29 is 24.1 Å². The summed E-state index contributed by atoms with van der Waals surface area (Å²) in [7, 11) is 1.65. The minimum atomic E-state index is -0.852. The Balaban J connectivity index is 1.72. The summed E-state index contributed by atoms with van der Waals surface area (Å²) in [5, 5.41) is 10.3. The van der Waals surface area contributed by atoms with E-state index in [1.807, 2.05) is 38.1 Å². The molecule has 0 spiro atoms. The highest BCUT2D eigenvalue weighted by molar-refractivity contribution is 5.26. The maximum Gasteiger partial charge on any atom is 0.163 e. The molecular formula is C21H30O5. The average molecular weight is 362 g/mol. The molecule has 1 aromatic carbocycles. The smallest absolute Gasteiger partial charge is 0.163 e. The van der Waals surface area contributed by atoms with E-state index < -0.39 is 18.0 Å². The summed E-state index contributed by atoms with van der Waals surface area (Å²) in [6.45, 7) is 6.85. The van der Waals surface area contributed by atoms with Crippen LogP contribution in [0.3, 0.4) is 0 Å². The summed E-state index contributed by atoms with van der Waals surface area (Å²) in [5.74, 6) is 6.00. The van der Waals surface area contributed by atoms with E-state index in [1.54, 1.807) is 7.11 Å². The van der Waals surface area contributed by atoms with E-state index in [1.165, 1.54) is 0 Å². The average Bonchev–Trinajstić information content (AvgIpc) is 2.93. The van der Waals surface area contributed by atoms with Crippen LogP contribution in [0.4, 0.5) is 0 Å². The lowest BCUT2D eigenvalue weighted by molar-refractivity contribution is -0.152. The fraction of sp³-hybridized carbons (Fsp3) is 0.619. The highest BCUT2D eigenvalue weighted by Crippen LogP contribution is 2.32. The molecule has 1 unspecified atom stereocenters. The first-order chi connectivity index (χ1) is 12.4. The van der Waals surface area contributed by atoms with Crippen LogP contribution in [0.1, 0.15) is 45.6 Å². The molecule has 26 heavy (non-hydrogen) atoms. The fourth-order valence-electron chi connectivity index (χ4n) is 2.93. The number of benzene rings is 1. The molecule has 1 N–H and O–H groups in total. The van der Waals surface area contributed by atoms with Crippen molar-refractivity contribution in [2.75, 3.05) is 13.7 Å². The lowest BCUT2D eigenvalue weighted by Gasteiger charge is -2.18. The Hall–Kier alpha value is -1.58. The molecule has 3 atom stereocenters. The van der Waals surface area contributed by atoms with E-state index in [0.717, 1.165) is 24.2 Å². The topological polar surface area (TPSA) is 57.2 Å². The van der Waals surface area contributed by atoms with Crippen LogP contribution in [0, 0.1) is 11.8 Å². The van der Waals surface area contributed by atoms with Gasteiger partial charge in [0, 0.05) is 6.42 Å². The first-order valence-corrected chi connectivity index (χ1v) is 9.18. The first-order valence-electron chi connectivity index (χ1n) is 9.18. The van der Waals surface area contributed by atoms with Crippen molar-refractivity contribution in [3.63, 3.8) is 0 Å². The maximum atomic E-state index is 10.3. The Morgan fingerprint density at radius 1 is 1.23 bits per heavy atom. The van der Waals surface area contributed by atoms with Gasteiger partial charge in [0.1, 0.15) is 18.0 Å². The summed E-state index contributed by atoms with van der Waals surface area (Å²) in [5.41, 5.74) is 1.08. The highest BCUT2D eigenvalue weighted by atomic mass is 16.8. The zero-order chi connectivity index (χ0) is 19.0. The van der Waals surface area contributed by atoms with Crippen LogP contribution in [0.25, 0.3) is 0 Å². The molecule has 1 aromatic rings. The maximum absolute atomic E-state index is 10.3. The van der Waals surface area contributed by atoms with Crippen molar-refractivity contribution in [3.05, 3.63) is 29.8 Å². The Kier molecular flexibility index (Phi) is 7.92. The number of aliphatic hydroxyl groups excluding tert-OH is 1. The lowest BCUT2D eigenvalue weighted by atomic mass is 10.0. The molecule has 0 radical (unpaired) electrons. The van der Waals surface area contributed by atoms with E-state index in [0.29, 0.717) is 19.6 Å². The van der Waals surface area contributed by atoms with Crippen LogP contribution in [-0.2, 0) is 20.8 Å². The number of hydrogen-bond acceptors (Lipinski definition) is 5. The van der Waals surface area contributed by atoms with E-state index in [9.17, 15) is 5.11 Å². The minimum Gasteiger partial charge on any atom is -0.497 e. The zero-order valence-electron chi connectivity index (χ0n) is 16.2. The van der Waals surface area contributed by atoms with Crippen LogP contribution >= 0.6 is 0 Å². The molecular weight excluding hydrogens is 332 g/mol. The van der Waals surface area contributed by atoms with Crippen molar-refractivity contribution in [1.82, 2.24) is 0 Å². The summed E-state index contributed by atoms with van der Waals surface area (Å²) in [4.78, 5) is 0. The molecule has 5 nitrogen and oxygen atoms in total. The van der Waals surface area contributed by atoms with E-state index >= 15 is 0 Å². The van der Waals surface area contributed by atoms with Crippen LogP contribution in [0.5, 0.6) is 5.75 Å². The van der Waals surface area contributed by atoms with Gasteiger partial charge in [-0.1, -0.05) is 37.3 Å². The fourth-order valence-corrected chi connectivity index (χ4v) is 2.93. The Bertz CT molecular complexity index is 599. The molecule has 144 valence electrons. The third-order valence-electron chi connectivity index (χ3n) is 4.16. The van der Waals surface area contributed by atoms with Gasteiger partial charge in [0.15, 0.2) is 5.79 Å². The van der Waals surface area contributed by atoms with Gasteiger partial charge < -0.3 is 24.1 Å². The summed E-state index contributed by atoms with van der Waals surface area (Å²) in [6, 6.07) is 7.77. The SMILES string of the molecule is CCC[C@@H]1OC(C)(C)O[C@@H]1C(O)C#CCCOCc1ccc(OC)cc1. The first kappa shape index (κ1) is 20.7. The second-order valence-corrected chi connectivity index (χ2v) is 6.84. The van der Waals surface area contributed by atoms with Crippen LogP contribution in [-0.4, -0.2) is 42.9 Å². The Morgan fingerprint density at radius 2 is 1.96 bits per heavy atom. The largest absolute Gasteiger partial charge is 0.497 e. The molecule has 0 aromatic heterocycles. The predicted octanol–water partition coefficient (Wildman–Crippen LogP) is 3.29. The highest BCUT2D eigenvalue weighted by Gasteiger charge is 2.43. The molecule has 1 saturated heterocycles. The predicted molar refractivity (Wildman–Crippen MR) is 99.8 cm³/mol. The molecule has 0 bridgehead atoms. The molecule has 0 aliphatic carbocycles. The minimum absolute atomic E-state index is 0.120. The Labute approximate surface area is 156 Å². The monoisotopic (exact) mass is 362 g/mol. The van der Waals surface area contributed by atoms with Crippen molar-refractivity contribution in [2.45, 2.75) is 70.7 Å². The molecule has 2 rings (SSSR count). The number of aliphatic hydroxyl groups is 1. The van der Waals surface area contributed by atoms with Crippen molar-refractivity contribution in [1.29, 1.82) is 0 Å². The normalized spacial score (nSPS) is 22.5. The van der Waals surface area contributed by atoms with Gasteiger partial charge in [0.05, 0.1) is 26.4 Å². The summed E-state index contributed by atoms with van der Waals surface area (Å²) >= 11 is 0. The van der Waals surface area contributed by atoms with Crippen molar-refractivity contribution in [3.8, 4) is 17.6 Å². The van der Waals surface area contributed by atoms with E-state index in [4.69, 9.17) is 18.9 Å². The van der Waals surface area contributed by atoms with Gasteiger partial charge in [0.2, 0.25) is 0 Å². The van der Waals surface area contributed by atoms with E-state index in [-0.39, 0.29) is 6.10 Å². The van der Waals surface area contributed by atoms with Gasteiger partial charge in [-0.2, -0.15) is 0 Å². The molecule has 1 heterocycles. The second kappa shape index (κ2) is 9.94. The van der Waals surface area contributed by atoms with E-state index in [2.05, 4.69) is 18.8 Å². The van der Waals surface area contributed by atoms with Gasteiger partial charge in [-0.3, -0.25) is 0 Å². The second-order valence-electron chi connectivity index (χ2n) is 6.84. The van der Waals surface area contributed by atoms with Gasteiger partial charge in [0.25, 0.3) is 0 Å². The van der Waals surface area contributed by atoms with Crippen molar-refractivity contribution in [2.24, 2.45) is 0 Å². The number of rotatable bonds is 8. The Morgan fingerprint density at radius 3 is 2.62 bits per heavy atom. The molecule has 5 heteroatoms.